The smallest absolute Gasteiger partial charge is 0.309 e. The summed E-state index contributed by atoms with van der Waals surface area (Å²) in [6.45, 7) is 0.841. The molecule has 2 amide bonds. The minimum absolute atomic E-state index is 0.0534. The van der Waals surface area contributed by atoms with E-state index < -0.39 is 11.8 Å². The summed E-state index contributed by atoms with van der Waals surface area (Å²) in [6.07, 6.45) is 7.39. The van der Waals surface area contributed by atoms with Gasteiger partial charge in [-0.25, -0.2) is 0 Å². The lowest BCUT2D eigenvalue weighted by Crippen LogP contribution is -2.44. The van der Waals surface area contributed by atoms with Crippen LogP contribution in [0.25, 0.3) is 0 Å². The first-order valence-corrected chi connectivity index (χ1v) is 10.6. The van der Waals surface area contributed by atoms with Crippen molar-refractivity contribution >= 4 is 11.8 Å². The summed E-state index contributed by atoms with van der Waals surface area (Å²) in [5, 5.41) is 15.6. The van der Waals surface area contributed by atoms with E-state index in [1.165, 1.54) is 11.1 Å². The molecule has 0 spiro atoms. The molecule has 3 aliphatic rings. The predicted octanol–water partition coefficient (Wildman–Crippen LogP) is 1.79. The third-order valence-corrected chi connectivity index (χ3v) is 6.47. The molecule has 4 rings (SSSR count). The summed E-state index contributed by atoms with van der Waals surface area (Å²) in [5.74, 6) is -0.754. The highest BCUT2D eigenvalue weighted by atomic mass is 16.5. The Balaban J connectivity index is 1.30. The minimum Gasteiger partial charge on any atom is -0.390 e. The summed E-state index contributed by atoms with van der Waals surface area (Å²) in [7, 11) is 0. The van der Waals surface area contributed by atoms with Gasteiger partial charge in [0.25, 0.3) is 0 Å². The van der Waals surface area contributed by atoms with Gasteiger partial charge in [-0.2, -0.15) is 0 Å². The fourth-order valence-corrected chi connectivity index (χ4v) is 4.77. The quantitative estimate of drug-likeness (QED) is 0.689. The molecule has 6 nitrogen and oxygen atoms in total. The molecule has 2 bridgehead atoms. The second-order valence-electron chi connectivity index (χ2n) is 8.42. The number of rotatable bonds is 4. The number of amides is 2. The molecule has 1 saturated carbocycles. The Morgan fingerprint density at radius 1 is 1.14 bits per heavy atom. The van der Waals surface area contributed by atoms with Crippen LogP contribution in [-0.2, 0) is 27.2 Å². The molecule has 6 heteroatoms. The first-order chi connectivity index (χ1) is 13.6. The maximum absolute atomic E-state index is 12.0. The molecule has 3 atom stereocenters. The topological polar surface area (TPSA) is 87.7 Å². The maximum atomic E-state index is 12.0. The number of fused-ring (bicyclic) bond motifs is 4. The van der Waals surface area contributed by atoms with Crippen molar-refractivity contribution < 1.29 is 19.4 Å². The molecular formula is C22H30N2O4. The molecule has 28 heavy (non-hydrogen) atoms. The van der Waals surface area contributed by atoms with E-state index in [2.05, 4.69) is 28.8 Å². The van der Waals surface area contributed by atoms with Crippen LogP contribution < -0.4 is 10.6 Å². The summed E-state index contributed by atoms with van der Waals surface area (Å²) in [5.41, 5.74) is 3.64. The normalized spacial score (nSPS) is 27.0. The van der Waals surface area contributed by atoms with Crippen LogP contribution in [0.15, 0.2) is 18.2 Å². The molecule has 1 aromatic carbocycles. The molecule has 0 radical (unpaired) electrons. The van der Waals surface area contributed by atoms with Gasteiger partial charge in [-0.1, -0.05) is 31.0 Å². The van der Waals surface area contributed by atoms with Crippen molar-refractivity contribution in [3.05, 3.63) is 34.9 Å². The average Bonchev–Trinajstić information content (AvgIpc) is 3.15. The highest BCUT2D eigenvalue weighted by molar-refractivity contribution is 6.35. The summed E-state index contributed by atoms with van der Waals surface area (Å²) < 4.78 is 5.89. The number of carbonyl (C=O) groups is 2. The van der Waals surface area contributed by atoms with E-state index in [0.29, 0.717) is 25.5 Å². The zero-order valence-corrected chi connectivity index (χ0v) is 16.3. The number of hydrogen-bond donors (Lipinski definition) is 3. The number of aliphatic hydroxyl groups excluding tert-OH is 1. The zero-order chi connectivity index (χ0) is 19.5. The van der Waals surface area contributed by atoms with Crippen molar-refractivity contribution in [2.45, 2.75) is 69.6 Å². The molecule has 0 aromatic heterocycles. The van der Waals surface area contributed by atoms with Crippen LogP contribution in [0, 0.1) is 5.92 Å². The second kappa shape index (κ2) is 8.62. The Kier molecular flexibility index (Phi) is 5.97. The van der Waals surface area contributed by atoms with Gasteiger partial charge < -0.3 is 20.5 Å². The third kappa shape index (κ3) is 4.39. The van der Waals surface area contributed by atoms with Gasteiger partial charge in [-0.05, 0) is 61.1 Å². The zero-order valence-electron chi connectivity index (χ0n) is 16.3. The van der Waals surface area contributed by atoms with Gasteiger partial charge in [0.15, 0.2) is 0 Å². The van der Waals surface area contributed by atoms with Crippen molar-refractivity contribution in [1.29, 1.82) is 0 Å². The van der Waals surface area contributed by atoms with Gasteiger partial charge in [-0.3, -0.25) is 9.59 Å². The molecular weight excluding hydrogens is 356 g/mol. The van der Waals surface area contributed by atoms with E-state index >= 15 is 0 Å². The Morgan fingerprint density at radius 2 is 1.96 bits per heavy atom. The molecule has 3 N–H and O–H groups in total. The van der Waals surface area contributed by atoms with Gasteiger partial charge >= 0.3 is 11.8 Å². The highest BCUT2D eigenvalue weighted by Crippen LogP contribution is 2.39. The lowest BCUT2D eigenvalue weighted by atomic mass is 9.90. The van der Waals surface area contributed by atoms with Gasteiger partial charge in [0.2, 0.25) is 0 Å². The molecule has 1 aliphatic heterocycles. The van der Waals surface area contributed by atoms with Gasteiger partial charge in [0.1, 0.15) is 0 Å². The van der Waals surface area contributed by atoms with Crippen LogP contribution in [0.3, 0.4) is 0 Å². The third-order valence-electron chi connectivity index (χ3n) is 6.47. The van der Waals surface area contributed by atoms with Crippen LogP contribution in [0.4, 0.5) is 0 Å². The Bertz CT molecular complexity index is 729. The summed E-state index contributed by atoms with van der Waals surface area (Å²) >= 11 is 0. The largest absolute Gasteiger partial charge is 0.390 e. The minimum atomic E-state index is -0.547. The molecule has 0 unspecified atom stereocenters. The van der Waals surface area contributed by atoms with Crippen LogP contribution in [0.5, 0.6) is 0 Å². The second-order valence-corrected chi connectivity index (χ2v) is 8.42. The monoisotopic (exact) mass is 386 g/mol. The highest BCUT2D eigenvalue weighted by Gasteiger charge is 2.34. The Hall–Kier alpha value is -1.92. The van der Waals surface area contributed by atoms with Crippen molar-refractivity contribution in [2.75, 3.05) is 13.2 Å². The first-order valence-electron chi connectivity index (χ1n) is 10.6. The number of benzene rings is 1. The van der Waals surface area contributed by atoms with E-state index in [-0.39, 0.29) is 18.2 Å². The SMILES string of the molecule is O=C(NCCc1ccc2c(c1)[C@H]1C[C@H](CC2)[C@H](O)CO1)C(=O)NC1CCCC1. The number of nitrogens with one attached hydrogen (secondary N) is 2. The van der Waals surface area contributed by atoms with E-state index in [0.717, 1.165) is 50.5 Å². The number of hydrogen-bond acceptors (Lipinski definition) is 4. The van der Waals surface area contributed by atoms with E-state index in [1.54, 1.807) is 0 Å². The molecule has 152 valence electrons. The number of aryl methyl sites for hydroxylation is 1. The number of ether oxygens (including phenoxy) is 1. The fourth-order valence-electron chi connectivity index (χ4n) is 4.77. The maximum Gasteiger partial charge on any atom is 0.309 e. The standard InChI is InChI=1S/C22H30N2O4/c25-19-13-28-20-12-16(19)8-7-15-6-5-14(11-18(15)20)9-10-23-21(26)22(27)24-17-3-1-2-4-17/h5-6,11,16-17,19-20,25H,1-4,7-10,12-13H2,(H,23,26)(H,24,27)/t16-,19+,20+/m0/s1. The molecule has 2 fully saturated rings. The van der Waals surface area contributed by atoms with Crippen LogP contribution >= 0.6 is 0 Å². The molecule has 1 heterocycles. The van der Waals surface area contributed by atoms with Crippen molar-refractivity contribution in [3.63, 3.8) is 0 Å². The first kappa shape index (κ1) is 19.4. The van der Waals surface area contributed by atoms with E-state index in [1.807, 2.05) is 0 Å². The van der Waals surface area contributed by atoms with Gasteiger partial charge in [0.05, 0.1) is 18.8 Å². The van der Waals surface area contributed by atoms with Crippen molar-refractivity contribution in [3.8, 4) is 0 Å². The van der Waals surface area contributed by atoms with Gasteiger partial charge in [-0.15, -0.1) is 0 Å². The average molecular weight is 386 g/mol. The van der Waals surface area contributed by atoms with Crippen molar-refractivity contribution in [1.82, 2.24) is 10.6 Å². The summed E-state index contributed by atoms with van der Waals surface area (Å²) in [6, 6.07) is 6.57. The van der Waals surface area contributed by atoms with E-state index in [4.69, 9.17) is 4.74 Å². The Morgan fingerprint density at radius 3 is 2.79 bits per heavy atom. The Labute approximate surface area is 166 Å². The lowest BCUT2D eigenvalue weighted by Gasteiger charge is -2.32. The van der Waals surface area contributed by atoms with Crippen LogP contribution in [-0.4, -0.2) is 42.2 Å². The lowest BCUT2D eigenvalue weighted by molar-refractivity contribution is -0.139. The van der Waals surface area contributed by atoms with Gasteiger partial charge in [0, 0.05) is 12.6 Å². The molecule has 1 aromatic rings. The van der Waals surface area contributed by atoms with Crippen molar-refractivity contribution in [2.24, 2.45) is 5.92 Å². The molecule has 1 saturated heterocycles. The van der Waals surface area contributed by atoms with Crippen LogP contribution in [0.2, 0.25) is 0 Å². The van der Waals surface area contributed by atoms with Crippen LogP contribution in [0.1, 0.15) is 61.3 Å². The summed E-state index contributed by atoms with van der Waals surface area (Å²) in [4.78, 5) is 24.0. The van der Waals surface area contributed by atoms with E-state index in [9.17, 15) is 14.7 Å². The molecule has 2 aliphatic carbocycles. The number of aliphatic hydroxyl groups is 1. The predicted molar refractivity (Wildman–Crippen MR) is 105 cm³/mol. The number of carbonyl (C=O) groups excluding carboxylic acids is 2. The fraction of sp³-hybridized carbons (Fsp3) is 0.636.